The van der Waals surface area contributed by atoms with Crippen LogP contribution in [0.4, 0.5) is 0 Å². The van der Waals surface area contributed by atoms with E-state index in [0.717, 1.165) is 4.90 Å². The molecule has 4 nitrogen and oxygen atoms in total. The summed E-state index contributed by atoms with van der Waals surface area (Å²) in [4.78, 5) is 35.6. The van der Waals surface area contributed by atoms with E-state index in [1.165, 1.54) is 0 Å². The van der Waals surface area contributed by atoms with Crippen molar-refractivity contribution in [2.24, 2.45) is 11.8 Å². The van der Waals surface area contributed by atoms with Gasteiger partial charge in [0.15, 0.2) is 5.78 Å². The second-order valence-corrected chi connectivity index (χ2v) is 4.26. The zero-order chi connectivity index (χ0) is 11.6. The maximum Gasteiger partial charge on any atom is 0.233 e. The average molecular weight is 211 g/mol. The van der Waals surface area contributed by atoms with Crippen molar-refractivity contribution < 1.29 is 14.4 Å². The Morgan fingerprint density at radius 3 is 2.47 bits per heavy atom. The monoisotopic (exact) mass is 211 g/mol. The van der Waals surface area contributed by atoms with Crippen LogP contribution in [0.1, 0.15) is 33.6 Å². The van der Waals surface area contributed by atoms with Gasteiger partial charge in [0.1, 0.15) is 0 Å². The first kappa shape index (κ1) is 11.9. The van der Waals surface area contributed by atoms with Crippen LogP contribution < -0.4 is 0 Å². The van der Waals surface area contributed by atoms with E-state index >= 15 is 0 Å². The molecule has 0 bridgehead atoms. The van der Waals surface area contributed by atoms with Crippen molar-refractivity contribution >= 4 is 17.6 Å². The lowest BCUT2D eigenvalue weighted by atomic mass is 9.94. The smallest absolute Gasteiger partial charge is 0.233 e. The molecule has 1 aliphatic rings. The number of ketones is 1. The first-order valence-electron chi connectivity index (χ1n) is 5.33. The fourth-order valence-corrected chi connectivity index (χ4v) is 1.68. The Morgan fingerprint density at radius 2 is 2.07 bits per heavy atom. The molecule has 4 heteroatoms. The van der Waals surface area contributed by atoms with E-state index in [0.29, 0.717) is 6.42 Å². The van der Waals surface area contributed by atoms with E-state index in [4.69, 9.17) is 0 Å². The van der Waals surface area contributed by atoms with E-state index in [-0.39, 0.29) is 42.4 Å². The normalized spacial score (nSPS) is 21.6. The molecule has 84 valence electrons. The Balaban J connectivity index is 2.71. The van der Waals surface area contributed by atoms with Crippen LogP contribution in [0.5, 0.6) is 0 Å². The molecule has 15 heavy (non-hydrogen) atoms. The summed E-state index contributed by atoms with van der Waals surface area (Å²) in [7, 11) is 0. The number of likely N-dealkylation sites (tertiary alicyclic amines) is 1. The summed E-state index contributed by atoms with van der Waals surface area (Å²) in [6.07, 6.45) is 0.622. The quantitative estimate of drug-likeness (QED) is 0.652. The third kappa shape index (κ3) is 2.43. The highest BCUT2D eigenvalue weighted by atomic mass is 16.2. The molecule has 1 unspecified atom stereocenters. The minimum Gasteiger partial charge on any atom is -0.298 e. The van der Waals surface area contributed by atoms with Gasteiger partial charge >= 0.3 is 0 Å². The Bertz CT molecular complexity index is 296. The zero-order valence-electron chi connectivity index (χ0n) is 9.45. The maximum absolute atomic E-state index is 11.8. The highest BCUT2D eigenvalue weighted by Gasteiger charge is 2.40. The molecule has 1 heterocycles. The average Bonchev–Trinajstić information content (AvgIpc) is 2.45. The third-order valence-corrected chi connectivity index (χ3v) is 2.81. The highest BCUT2D eigenvalue weighted by molar-refractivity contribution is 6.06. The minimum absolute atomic E-state index is 0.0443. The molecule has 0 aliphatic carbocycles. The highest BCUT2D eigenvalue weighted by Crippen LogP contribution is 2.26. The van der Waals surface area contributed by atoms with Crippen LogP contribution in [-0.4, -0.2) is 29.0 Å². The number of rotatable bonds is 4. The van der Waals surface area contributed by atoms with Gasteiger partial charge < -0.3 is 0 Å². The molecule has 0 aromatic carbocycles. The molecule has 0 radical (unpaired) electrons. The van der Waals surface area contributed by atoms with Crippen molar-refractivity contribution in [2.45, 2.75) is 33.6 Å². The van der Waals surface area contributed by atoms with Crippen LogP contribution in [0.25, 0.3) is 0 Å². The van der Waals surface area contributed by atoms with Gasteiger partial charge in [-0.25, -0.2) is 0 Å². The number of hydrogen-bond donors (Lipinski definition) is 0. The van der Waals surface area contributed by atoms with Crippen molar-refractivity contribution in [2.75, 3.05) is 6.54 Å². The molecule has 1 rings (SSSR count). The van der Waals surface area contributed by atoms with E-state index < -0.39 is 0 Å². The second kappa shape index (κ2) is 4.55. The molecule has 0 aromatic heterocycles. The van der Waals surface area contributed by atoms with E-state index in [1.807, 2.05) is 13.8 Å². The lowest BCUT2D eigenvalue weighted by Crippen LogP contribution is -2.35. The van der Waals surface area contributed by atoms with Crippen LogP contribution in [-0.2, 0) is 14.4 Å². The summed E-state index contributed by atoms with van der Waals surface area (Å²) in [5.41, 5.74) is 0. The van der Waals surface area contributed by atoms with Crippen molar-refractivity contribution in [1.29, 1.82) is 0 Å². The molecule has 0 N–H and O–H groups in total. The predicted molar refractivity (Wildman–Crippen MR) is 55.0 cm³/mol. The van der Waals surface area contributed by atoms with Gasteiger partial charge in [-0.15, -0.1) is 0 Å². The van der Waals surface area contributed by atoms with Gasteiger partial charge in [0.2, 0.25) is 11.8 Å². The van der Waals surface area contributed by atoms with E-state index in [1.54, 1.807) is 6.92 Å². The largest absolute Gasteiger partial charge is 0.298 e. The molecule has 0 aromatic rings. The SMILES string of the molecule is CCC(=O)CN1C(=O)CC(C(C)C)C1=O. The summed E-state index contributed by atoms with van der Waals surface area (Å²) in [5, 5.41) is 0. The van der Waals surface area contributed by atoms with Gasteiger partial charge in [-0.05, 0) is 5.92 Å². The molecule has 0 spiro atoms. The standard InChI is InChI=1S/C11H17NO3/c1-4-8(13)6-12-10(14)5-9(7(2)3)11(12)15/h7,9H,4-6H2,1-3H3. The first-order valence-corrected chi connectivity index (χ1v) is 5.33. The zero-order valence-corrected chi connectivity index (χ0v) is 9.45. The number of imide groups is 1. The molecule has 1 saturated heterocycles. The molecule has 1 fully saturated rings. The van der Waals surface area contributed by atoms with Gasteiger partial charge in [-0.1, -0.05) is 20.8 Å². The number of nitrogens with zero attached hydrogens (tertiary/aromatic N) is 1. The van der Waals surface area contributed by atoms with Crippen molar-refractivity contribution in [3.05, 3.63) is 0 Å². The molecule has 1 atom stereocenters. The van der Waals surface area contributed by atoms with Crippen LogP contribution in [0.3, 0.4) is 0 Å². The Morgan fingerprint density at radius 1 is 1.47 bits per heavy atom. The van der Waals surface area contributed by atoms with Gasteiger partial charge in [0.05, 0.1) is 6.54 Å². The fraction of sp³-hybridized carbons (Fsp3) is 0.727. The third-order valence-electron chi connectivity index (χ3n) is 2.81. The molecular weight excluding hydrogens is 194 g/mol. The van der Waals surface area contributed by atoms with Crippen molar-refractivity contribution in [3.63, 3.8) is 0 Å². The summed E-state index contributed by atoms with van der Waals surface area (Å²) < 4.78 is 0. The maximum atomic E-state index is 11.8. The van der Waals surface area contributed by atoms with Crippen molar-refractivity contribution in [3.8, 4) is 0 Å². The second-order valence-electron chi connectivity index (χ2n) is 4.26. The number of Topliss-reactive ketones (excluding diaryl/α,β-unsaturated/α-hetero) is 1. The summed E-state index contributed by atoms with van der Waals surface area (Å²) >= 11 is 0. The van der Waals surface area contributed by atoms with Crippen molar-refractivity contribution in [1.82, 2.24) is 4.90 Å². The number of amides is 2. The fourth-order valence-electron chi connectivity index (χ4n) is 1.68. The van der Waals surface area contributed by atoms with Crippen LogP contribution >= 0.6 is 0 Å². The first-order chi connectivity index (χ1) is 6.97. The van der Waals surface area contributed by atoms with Gasteiger partial charge in [0, 0.05) is 18.8 Å². The van der Waals surface area contributed by atoms with Crippen LogP contribution in [0.2, 0.25) is 0 Å². The van der Waals surface area contributed by atoms with E-state index in [9.17, 15) is 14.4 Å². The summed E-state index contributed by atoms with van der Waals surface area (Å²) in [6.45, 7) is 5.52. The van der Waals surface area contributed by atoms with Gasteiger partial charge in [-0.2, -0.15) is 0 Å². The van der Waals surface area contributed by atoms with Gasteiger partial charge in [0.25, 0.3) is 0 Å². The Kier molecular flexibility index (Phi) is 3.61. The Hall–Kier alpha value is -1.19. The van der Waals surface area contributed by atoms with Gasteiger partial charge in [-0.3, -0.25) is 19.3 Å². The molecule has 0 saturated carbocycles. The lowest BCUT2D eigenvalue weighted by Gasteiger charge is -2.15. The number of carbonyl (C=O) groups excluding carboxylic acids is 3. The molecular formula is C11H17NO3. The minimum atomic E-state index is -0.234. The molecule has 2 amide bonds. The predicted octanol–water partition coefficient (Wildman–Crippen LogP) is 0.997. The Labute approximate surface area is 89.6 Å². The van der Waals surface area contributed by atoms with Crippen LogP contribution in [0, 0.1) is 11.8 Å². The number of carbonyl (C=O) groups is 3. The number of hydrogen-bond acceptors (Lipinski definition) is 3. The lowest BCUT2D eigenvalue weighted by molar-refractivity contribution is -0.143. The summed E-state index contributed by atoms with van der Waals surface area (Å²) in [5.74, 6) is -0.538. The topological polar surface area (TPSA) is 54.5 Å². The van der Waals surface area contributed by atoms with E-state index in [2.05, 4.69) is 0 Å². The molecule has 1 aliphatic heterocycles. The van der Waals surface area contributed by atoms with Crippen LogP contribution in [0.15, 0.2) is 0 Å². The summed E-state index contributed by atoms with van der Waals surface area (Å²) in [6, 6.07) is 0.